The molecule has 0 amide bonds. The summed E-state index contributed by atoms with van der Waals surface area (Å²) in [4.78, 5) is 11.3. The molecule has 2 rings (SSSR count). The van der Waals surface area contributed by atoms with Gasteiger partial charge in [0.15, 0.2) is 0 Å². The second-order valence-corrected chi connectivity index (χ2v) is 5.15. The van der Waals surface area contributed by atoms with Gasteiger partial charge in [0.25, 0.3) is 0 Å². The number of ether oxygens (including phenoxy) is 2. The Morgan fingerprint density at radius 1 is 1.24 bits per heavy atom. The van der Waals surface area contributed by atoms with Crippen molar-refractivity contribution in [2.24, 2.45) is 0 Å². The fourth-order valence-corrected chi connectivity index (χ4v) is 2.09. The van der Waals surface area contributed by atoms with Crippen LogP contribution in [0.2, 0.25) is 0 Å². The first-order chi connectivity index (χ1) is 10.1. The number of nitrogens with zero attached hydrogens (tertiary/aromatic N) is 1. The van der Waals surface area contributed by atoms with Crippen molar-refractivity contribution in [2.45, 2.75) is 6.61 Å². The van der Waals surface area contributed by atoms with Crippen molar-refractivity contribution in [3.8, 4) is 11.8 Å². The fraction of sp³-hybridized carbons (Fsp3) is 0.125. The predicted octanol–water partition coefficient (Wildman–Crippen LogP) is 3.69. The molecule has 0 spiro atoms. The van der Waals surface area contributed by atoms with Crippen LogP contribution in [-0.2, 0) is 11.3 Å². The topological polar surface area (TPSA) is 59.3 Å². The number of hydrogen-bond donors (Lipinski definition) is 0. The van der Waals surface area contributed by atoms with Crippen LogP contribution in [0, 0.1) is 11.3 Å². The molecule has 0 bridgehead atoms. The zero-order valence-electron chi connectivity index (χ0n) is 11.3. The molecule has 5 heteroatoms. The standard InChI is InChI=1S/C16H12BrNO3/c1-20-16(19)12-4-2-11(3-5-12)10-21-15-7-6-14(17)8-13(15)9-18/h2-8H,10H2,1H3. The lowest BCUT2D eigenvalue weighted by atomic mass is 10.1. The van der Waals surface area contributed by atoms with Crippen molar-refractivity contribution in [2.75, 3.05) is 7.11 Å². The van der Waals surface area contributed by atoms with E-state index in [9.17, 15) is 4.79 Å². The maximum Gasteiger partial charge on any atom is 0.337 e. The number of nitriles is 1. The minimum atomic E-state index is -0.373. The molecule has 0 saturated carbocycles. The summed E-state index contributed by atoms with van der Waals surface area (Å²) < 4.78 is 11.1. The number of rotatable bonds is 4. The predicted molar refractivity (Wildman–Crippen MR) is 81.0 cm³/mol. The Hall–Kier alpha value is -2.32. The Morgan fingerprint density at radius 3 is 2.57 bits per heavy atom. The van der Waals surface area contributed by atoms with Gasteiger partial charge in [0.1, 0.15) is 18.4 Å². The summed E-state index contributed by atoms with van der Waals surface area (Å²) in [5.41, 5.74) is 1.85. The summed E-state index contributed by atoms with van der Waals surface area (Å²) >= 11 is 3.31. The number of esters is 1. The molecule has 0 fully saturated rings. The van der Waals surface area contributed by atoms with Crippen molar-refractivity contribution >= 4 is 21.9 Å². The first kappa shape index (κ1) is 15.1. The van der Waals surface area contributed by atoms with E-state index in [0.29, 0.717) is 23.5 Å². The highest BCUT2D eigenvalue weighted by atomic mass is 79.9. The summed E-state index contributed by atoms with van der Waals surface area (Å²) in [6.45, 7) is 0.317. The Bertz CT molecular complexity index is 690. The van der Waals surface area contributed by atoms with Gasteiger partial charge in [0, 0.05) is 4.47 Å². The maximum atomic E-state index is 11.3. The van der Waals surface area contributed by atoms with E-state index in [0.717, 1.165) is 10.0 Å². The normalized spacial score (nSPS) is 9.76. The first-order valence-corrected chi connectivity index (χ1v) is 6.93. The maximum absolute atomic E-state index is 11.3. The molecule has 0 saturated heterocycles. The summed E-state index contributed by atoms with van der Waals surface area (Å²) in [5.74, 6) is 0.153. The largest absolute Gasteiger partial charge is 0.488 e. The van der Waals surface area contributed by atoms with E-state index in [4.69, 9.17) is 10.00 Å². The van der Waals surface area contributed by atoms with Gasteiger partial charge in [-0.1, -0.05) is 28.1 Å². The van der Waals surface area contributed by atoms with Crippen LogP contribution in [0.5, 0.6) is 5.75 Å². The van der Waals surface area contributed by atoms with Crippen molar-refractivity contribution < 1.29 is 14.3 Å². The fourth-order valence-electron chi connectivity index (χ4n) is 1.73. The minimum Gasteiger partial charge on any atom is -0.488 e. The lowest BCUT2D eigenvalue weighted by molar-refractivity contribution is 0.0600. The van der Waals surface area contributed by atoms with Crippen molar-refractivity contribution in [1.82, 2.24) is 0 Å². The third-order valence-electron chi connectivity index (χ3n) is 2.83. The zero-order valence-corrected chi connectivity index (χ0v) is 12.9. The molecule has 0 aromatic heterocycles. The lowest BCUT2D eigenvalue weighted by Gasteiger charge is -2.08. The first-order valence-electron chi connectivity index (χ1n) is 6.13. The lowest BCUT2D eigenvalue weighted by Crippen LogP contribution is -2.02. The van der Waals surface area contributed by atoms with Gasteiger partial charge in [0.05, 0.1) is 18.2 Å². The molecule has 0 radical (unpaired) electrons. The van der Waals surface area contributed by atoms with Crippen LogP contribution in [0.1, 0.15) is 21.5 Å². The molecule has 2 aromatic carbocycles. The number of carbonyl (C=O) groups is 1. The van der Waals surface area contributed by atoms with Gasteiger partial charge in [-0.3, -0.25) is 0 Å². The number of hydrogen-bond acceptors (Lipinski definition) is 4. The van der Waals surface area contributed by atoms with E-state index in [1.165, 1.54) is 7.11 Å². The van der Waals surface area contributed by atoms with Crippen LogP contribution in [0.25, 0.3) is 0 Å². The molecule has 0 aliphatic rings. The van der Waals surface area contributed by atoms with Crippen molar-refractivity contribution in [3.05, 3.63) is 63.6 Å². The molecule has 2 aromatic rings. The Morgan fingerprint density at radius 2 is 1.95 bits per heavy atom. The second-order valence-electron chi connectivity index (χ2n) is 4.23. The second kappa shape index (κ2) is 6.91. The highest BCUT2D eigenvalue weighted by Crippen LogP contribution is 2.23. The third kappa shape index (κ3) is 3.83. The van der Waals surface area contributed by atoms with Gasteiger partial charge in [-0.15, -0.1) is 0 Å². The molecular formula is C16H12BrNO3. The van der Waals surface area contributed by atoms with Crippen molar-refractivity contribution in [1.29, 1.82) is 5.26 Å². The van der Waals surface area contributed by atoms with E-state index < -0.39 is 0 Å². The number of halogens is 1. The molecule has 0 atom stereocenters. The highest BCUT2D eigenvalue weighted by Gasteiger charge is 2.06. The number of benzene rings is 2. The van der Waals surface area contributed by atoms with Crippen molar-refractivity contribution in [3.63, 3.8) is 0 Å². The van der Waals surface area contributed by atoms with Gasteiger partial charge in [-0.2, -0.15) is 5.26 Å². The Labute approximate surface area is 131 Å². The summed E-state index contributed by atoms with van der Waals surface area (Å²) in [5, 5.41) is 9.06. The monoisotopic (exact) mass is 345 g/mol. The van der Waals surface area contributed by atoms with Crippen LogP contribution in [-0.4, -0.2) is 13.1 Å². The molecule has 21 heavy (non-hydrogen) atoms. The van der Waals surface area contributed by atoms with Gasteiger partial charge in [0.2, 0.25) is 0 Å². The van der Waals surface area contributed by atoms with Gasteiger partial charge < -0.3 is 9.47 Å². The molecule has 106 valence electrons. The summed E-state index contributed by atoms with van der Waals surface area (Å²) in [6.07, 6.45) is 0. The number of methoxy groups -OCH3 is 1. The van der Waals surface area contributed by atoms with Gasteiger partial charge in [-0.25, -0.2) is 4.79 Å². The zero-order chi connectivity index (χ0) is 15.2. The smallest absolute Gasteiger partial charge is 0.337 e. The Kier molecular flexibility index (Phi) is 4.96. The average Bonchev–Trinajstić information content (AvgIpc) is 2.53. The molecule has 0 aliphatic heterocycles. The van der Waals surface area contributed by atoms with Crippen LogP contribution in [0.4, 0.5) is 0 Å². The van der Waals surface area contributed by atoms with Crippen LogP contribution in [0.3, 0.4) is 0 Å². The van der Waals surface area contributed by atoms with E-state index in [1.807, 2.05) is 6.07 Å². The quantitative estimate of drug-likeness (QED) is 0.793. The SMILES string of the molecule is COC(=O)c1ccc(COc2ccc(Br)cc2C#N)cc1. The van der Waals surface area contributed by atoms with E-state index in [1.54, 1.807) is 36.4 Å². The highest BCUT2D eigenvalue weighted by molar-refractivity contribution is 9.10. The van der Waals surface area contributed by atoms with E-state index in [-0.39, 0.29) is 5.97 Å². The molecular weight excluding hydrogens is 334 g/mol. The van der Waals surface area contributed by atoms with E-state index in [2.05, 4.69) is 26.7 Å². The molecule has 0 aliphatic carbocycles. The van der Waals surface area contributed by atoms with E-state index >= 15 is 0 Å². The average molecular weight is 346 g/mol. The summed E-state index contributed by atoms with van der Waals surface area (Å²) in [7, 11) is 1.34. The van der Waals surface area contributed by atoms with Gasteiger partial charge >= 0.3 is 5.97 Å². The van der Waals surface area contributed by atoms with Gasteiger partial charge in [-0.05, 0) is 35.9 Å². The van der Waals surface area contributed by atoms with Crippen LogP contribution < -0.4 is 4.74 Å². The third-order valence-corrected chi connectivity index (χ3v) is 3.32. The molecule has 0 heterocycles. The molecule has 0 unspecified atom stereocenters. The van der Waals surface area contributed by atoms with Crippen LogP contribution in [0.15, 0.2) is 46.9 Å². The molecule has 4 nitrogen and oxygen atoms in total. The van der Waals surface area contributed by atoms with Crippen LogP contribution >= 0.6 is 15.9 Å². The summed E-state index contributed by atoms with van der Waals surface area (Å²) in [6, 6.07) is 14.3. The number of carbonyl (C=O) groups excluding carboxylic acids is 1. The molecule has 0 N–H and O–H groups in total. The Balaban J connectivity index is 2.07. The minimum absolute atomic E-state index is 0.317.